The minimum absolute atomic E-state index is 0.366. The number of hydrazine groups is 1. The SMILES string of the molecule is c1cc2c3c(ccc(N=C(NNC(=NC4CCCCC4)NC4CCCCC4)Nc4ccc5c6c(cccc46)CC5)c3c1)CC2. The summed E-state index contributed by atoms with van der Waals surface area (Å²) in [6.07, 6.45) is 16.9. The first kappa shape index (κ1) is 27.5. The summed E-state index contributed by atoms with van der Waals surface area (Å²) in [5, 5.41) is 12.8. The maximum Gasteiger partial charge on any atom is 0.220 e. The Morgan fingerprint density at radius 3 is 1.89 bits per heavy atom. The minimum Gasteiger partial charge on any atom is -0.352 e. The van der Waals surface area contributed by atoms with Gasteiger partial charge in [0.1, 0.15) is 0 Å². The summed E-state index contributed by atoms with van der Waals surface area (Å²) in [4.78, 5) is 10.5. The fourth-order valence-corrected chi connectivity index (χ4v) is 8.08. The van der Waals surface area contributed by atoms with Crippen molar-refractivity contribution in [2.24, 2.45) is 9.98 Å². The summed E-state index contributed by atoms with van der Waals surface area (Å²) in [5.41, 5.74) is 14.8. The van der Waals surface area contributed by atoms with Crippen LogP contribution in [0.5, 0.6) is 0 Å². The molecule has 0 saturated heterocycles. The number of aliphatic imine (C=N–C) groups is 2. The Kier molecular flexibility index (Phi) is 7.59. The molecule has 2 fully saturated rings. The molecule has 4 aromatic rings. The number of aryl methyl sites for hydroxylation is 4. The van der Waals surface area contributed by atoms with Gasteiger partial charge in [-0.1, -0.05) is 87.1 Å². The largest absolute Gasteiger partial charge is 0.352 e. The number of guanidine groups is 2. The van der Waals surface area contributed by atoms with E-state index in [-0.39, 0.29) is 0 Å². The number of rotatable bonds is 4. The molecule has 8 rings (SSSR count). The monoisotopic (exact) mass is 584 g/mol. The summed E-state index contributed by atoms with van der Waals surface area (Å²) in [7, 11) is 0. The third-order valence-electron chi connectivity index (χ3n) is 10.3. The number of hydrogen-bond acceptors (Lipinski definition) is 2. The van der Waals surface area contributed by atoms with Crippen LogP contribution in [0.15, 0.2) is 70.6 Å². The zero-order valence-electron chi connectivity index (χ0n) is 25.7. The molecule has 2 saturated carbocycles. The quantitative estimate of drug-likeness (QED) is 0.111. The molecule has 0 atom stereocenters. The van der Waals surface area contributed by atoms with E-state index in [9.17, 15) is 0 Å². The topological polar surface area (TPSA) is 72.8 Å². The molecule has 4 aliphatic carbocycles. The molecule has 0 radical (unpaired) electrons. The fraction of sp³-hybridized carbons (Fsp3) is 0.421. The van der Waals surface area contributed by atoms with Crippen LogP contribution in [0.25, 0.3) is 21.5 Å². The summed E-state index contributed by atoms with van der Waals surface area (Å²) >= 11 is 0. The molecule has 6 heteroatoms. The summed E-state index contributed by atoms with van der Waals surface area (Å²) in [6.45, 7) is 0. The number of nitrogens with one attached hydrogen (secondary N) is 4. The van der Waals surface area contributed by atoms with Crippen molar-refractivity contribution in [1.82, 2.24) is 16.2 Å². The predicted octanol–water partition coefficient (Wildman–Crippen LogP) is 8.00. The summed E-state index contributed by atoms with van der Waals surface area (Å²) < 4.78 is 0. The van der Waals surface area contributed by atoms with Gasteiger partial charge in [0.2, 0.25) is 11.9 Å². The highest BCUT2D eigenvalue weighted by Gasteiger charge is 2.21. The molecule has 0 heterocycles. The maximum absolute atomic E-state index is 5.27. The normalized spacial score (nSPS) is 19.1. The smallest absolute Gasteiger partial charge is 0.220 e. The predicted molar refractivity (Wildman–Crippen MR) is 184 cm³/mol. The van der Waals surface area contributed by atoms with Crippen LogP contribution >= 0.6 is 0 Å². The van der Waals surface area contributed by atoms with Crippen molar-refractivity contribution in [2.75, 3.05) is 5.32 Å². The van der Waals surface area contributed by atoms with Crippen LogP contribution in [0.3, 0.4) is 0 Å². The molecule has 4 aliphatic rings. The molecule has 0 spiro atoms. The van der Waals surface area contributed by atoms with E-state index in [1.165, 1.54) is 95.2 Å². The Morgan fingerprint density at radius 2 is 1.16 bits per heavy atom. The summed E-state index contributed by atoms with van der Waals surface area (Å²) in [5.74, 6) is 1.52. The average Bonchev–Trinajstić information content (AvgIpc) is 3.69. The molecular weight excluding hydrogens is 540 g/mol. The first-order valence-corrected chi connectivity index (χ1v) is 17.1. The van der Waals surface area contributed by atoms with E-state index >= 15 is 0 Å². The van der Waals surface area contributed by atoms with Crippen molar-refractivity contribution in [3.63, 3.8) is 0 Å². The number of hydrogen-bond donors (Lipinski definition) is 4. The Morgan fingerprint density at radius 1 is 0.568 bits per heavy atom. The van der Waals surface area contributed by atoms with Crippen molar-refractivity contribution in [3.8, 4) is 0 Å². The molecule has 226 valence electrons. The standard InChI is InChI=1S/C38H44N6/c1-3-11-29(12-4-1)39-37(40-30-13-5-2-6-14-30)43-44-38(41-33-23-21-27-19-17-25-9-7-15-31(33)35(25)27)42-34-24-22-28-20-18-26-10-8-16-32(34)36(26)28/h7-10,15-16,21-24,29-30H,1-6,11-14,17-20H2,(H2,39,40,43)(H2,41,42,44). The second kappa shape index (κ2) is 12.1. The molecule has 0 aromatic heterocycles. The third-order valence-corrected chi connectivity index (χ3v) is 10.3. The van der Waals surface area contributed by atoms with Gasteiger partial charge in [0.05, 0.1) is 11.7 Å². The van der Waals surface area contributed by atoms with Gasteiger partial charge >= 0.3 is 0 Å². The number of anilines is 1. The van der Waals surface area contributed by atoms with Crippen molar-refractivity contribution >= 4 is 44.8 Å². The average molecular weight is 585 g/mol. The zero-order chi connectivity index (χ0) is 29.3. The van der Waals surface area contributed by atoms with E-state index in [2.05, 4.69) is 82.1 Å². The van der Waals surface area contributed by atoms with E-state index in [0.717, 1.165) is 55.9 Å². The Hall–Kier alpha value is -4.06. The van der Waals surface area contributed by atoms with Crippen LogP contribution in [-0.2, 0) is 25.7 Å². The fourth-order valence-electron chi connectivity index (χ4n) is 8.08. The molecule has 44 heavy (non-hydrogen) atoms. The Labute approximate surface area is 260 Å². The minimum atomic E-state index is 0.366. The van der Waals surface area contributed by atoms with E-state index in [1.807, 2.05) is 0 Å². The lowest BCUT2D eigenvalue weighted by Gasteiger charge is -2.27. The van der Waals surface area contributed by atoms with Crippen LogP contribution < -0.4 is 21.5 Å². The van der Waals surface area contributed by atoms with Crippen LogP contribution in [0.2, 0.25) is 0 Å². The van der Waals surface area contributed by atoms with Gasteiger partial charge in [-0.2, -0.15) is 0 Å². The zero-order valence-corrected chi connectivity index (χ0v) is 25.7. The molecule has 0 bridgehead atoms. The van der Waals surface area contributed by atoms with Crippen molar-refractivity contribution in [2.45, 2.75) is 102 Å². The van der Waals surface area contributed by atoms with Crippen LogP contribution in [0.1, 0.15) is 86.5 Å². The van der Waals surface area contributed by atoms with Gasteiger partial charge in [-0.25, -0.2) is 9.98 Å². The van der Waals surface area contributed by atoms with Gasteiger partial charge < -0.3 is 10.6 Å². The van der Waals surface area contributed by atoms with Crippen LogP contribution in [-0.4, -0.2) is 24.0 Å². The molecule has 4 aromatic carbocycles. The number of nitrogens with zero attached hydrogens (tertiary/aromatic N) is 2. The highest BCUT2D eigenvalue weighted by molar-refractivity contribution is 6.08. The molecular formula is C38H44N6. The van der Waals surface area contributed by atoms with Crippen molar-refractivity contribution in [1.29, 1.82) is 0 Å². The van der Waals surface area contributed by atoms with Crippen LogP contribution in [0.4, 0.5) is 11.4 Å². The lowest BCUT2D eigenvalue weighted by atomic mass is 9.95. The van der Waals surface area contributed by atoms with E-state index in [1.54, 1.807) is 0 Å². The second-order valence-electron chi connectivity index (χ2n) is 13.3. The van der Waals surface area contributed by atoms with Gasteiger partial charge in [0.15, 0.2) is 0 Å². The first-order valence-electron chi connectivity index (χ1n) is 17.1. The van der Waals surface area contributed by atoms with Gasteiger partial charge in [0.25, 0.3) is 0 Å². The molecule has 0 unspecified atom stereocenters. The molecule has 0 aliphatic heterocycles. The second-order valence-corrected chi connectivity index (χ2v) is 13.3. The molecule has 4 N–H and O–H groups in total. The maximum atomic E-state index is 5.27. The van der Waals surface area contributed by atoms with E-state index in [4.69, 9.17) is 9.98 Å². The van der Waals surface area contributed by atoms with E-state index < -0.39 is 0 Å². The van der Waals surface area contributed by atoms with Gasteiger partial charge in [0, 0.05) is 22.5 Å². The summed E-state index contributed by atoms with van der Waals surface area (Å²) in [6, 6.07) is 23.1. The molecule has 0 amide bonds. The van der Waals surface area contributed by atoms with E-state index in [0.29, 0.717) is 18.0 Å². The van der Waals surface area contributed by atoms with Gasteiger partial charge in [-0.05, 0) is 96.5 Å². The van der Waals surface area contributed by atoms with Crippen LogP contribution in [0, 0.1) is 0 Å². The number of benzene rings is 4. The Bertz CT molecular complexity index is 1720. The lowest BCUT2D eigenvalue weighted by molar-refractivity contribution is 0.404. The van der Waals surface area contributed by atoms with Gasteiger partial charge in [-0.3, -0.25) is 10.9 Å². The highest BCUT2D eigenvalue weighted by atomic mass is 15.5. The first-order chi connectivity index (χ1) is 21.8. The highest BCUT2D eigenvalue weighted by Crippen LogP contribution is 2.37. The van der Waals surface area contributed by atoms with Gasteiger partial charge in [-0.15, -0.1) is 0 Å². The van der Waals surface area contributed by atoms with Crippen molar-refractivity contribution in [3.05, 3.63) is 82.9 Å². The van der Waals surface area contributed by atoms with Crippen molar-refractivity contribution < 1.29 is 0 Å². The Balaban J connectivity index is 1.15. The third kappa shape index (κ3) is 5.51. The molecule has 6 nitrogen and oxygen atoms in total. The lowest BCUT2D eigenvalue weighted by Crippen LogP contribution is -2.53.